The molecule has 84 valence electrons. The topological polar surface area (TPSA) is 12.0 Å². The fraction of sp³-hybridized carbons (Fsp3) is 0.833. The average molecular weight is 215 g/mol. The molecule has 0 radical (unpaired) electrons. The molecule has 0 aromatic carbocycles. The molecular formula is C12H25NS. The SMILES string of the molecule is C=CCCCCCNCC(C)CSC. The van der Waals surface area contributed by atoms with Gasteiger partial charge in [-0.2, -0.15) is 11.8 Å². The fourth-order valence-corrected chi connectivity index (χ4v) is 2.09. The first kappa shape index (κ1) is 14.1. The monoisotopic (exact) mass is 215 g/mol. The summed E-state index contributed by atoms with van der Waals surface area (Å²) in [5, 5.41) is 3.51. The molecule has 0 fully saturated rings. The van der Waals surface area contributed by atoms with E-state index < -0.39 is 0 Å². The smallest absolute Gasteiger partial charge is 0.00153 e. The van der Waals surface area contributed by atoms with Crippen molar-refractivity contribution in [3.05, 3.63) is 12.7 Å². The lowest BCUT2D eigenvalue weighted by Crippen LogP contribution is -2.23. The molecule has 14 heavy (non-hydrogen) atoms. The zero-order chi connectivity index (χ0) is 10.6. The first-order chi connectivity index (χ1) is 6.81. The van der Waals surface area contributed by atoms with Crippen LogP contribution in [0.3, 0.4) is 0 Å². The second-order valence-corrected chi connectivity index (χ2v) is 4.81. The van der Waals surface area contributed by atoms with Crippen molar-refractivity contribution in [2.24, 2.45) is 5.92 Å². The number of rotatable bonds is 10. The van der Waals surface area contributed by atoms with Crippen LogP contribution in [0.1, 0.15) is 32.6 Å². The summed E-state index contributed by atoms with van der Waals surface area (Å²) in [6, 6.07) is 0. The molecule has 0 aliphatic carbocycles. The van der Waals surface area contributed by atoms with E-state index in [4.69, 9.17) is 0 Å². The van der Waals surface area contributed by atoms with Crippen LogP contribution >= 0.6 is 11.8 Å². The summed E-state index contributed by atoms with van der Waals surface area (Å²) < 4.78 is 0. The Morgan fingerprint density at radius 2 is 2.14 bits per heavy atom. The molecule has 0 spiro atoms. The first-order valence-corrected chi connectivity index (χ1v) is 7.01. The summed E-state index contributed by atoms with van der Waals surface area (Å²) in [5.74, 6) is 2.07. The molecule has 0 aromatic heterocycles. The van der Waals surface area contributed by atoms with Crippen molar-refractivity contribution < 1.29 is 0 Å². The Morgan fingerprint density at radius 1 is 1.36 bits per heavy atom. The molecule has 0 rings (SSSR count). The Morgan fingerprint density at radius 3 is 2.79 bits per heavy atom. The van der Waals surface area contributed by atoms with E-state index in [1.165, 1.54) is 44.5 Å². The second-order valence-electron chi connectivity index (χ2n) is 3.90. The third kappa shape index (κ3) is 10.1. The van der Waals surface area contributed by atoms with E-state index in [1.807, 2.05) is 17.8 Å². The van der Waals surface area contributed by atoms with Gasteiger partial charge in [0.15, 0.2) is 0 Å². The highest BCUT2D eigenvalue weighted by atomic mass is 32.2. The van der Waals surface area contributed by atoms with Crippen LogP contribution in [0.4, 0.5) is 0 Å². The van der Waals surface area contributed by atoms with Crippen LogP contribution in [0.15, 0.2) is 12.7 Å². The van der Waals surface area contributed by atoms with Crippen molar-refractivity contribution in [1.29, 1.82) is 0 Å². The van der Waals surface area contributed by atoms with E-state index in [2.05, 4.69) is 25.1 Å². The third-order valence-electron chi connectivity index (χ3n) is 2.21. The van der Waals surface area contributed by atoms with Gasteiger partial charge in [-0.05, 0) is 50.3 Å². The van der Waals surface area contributed by atoms with Gasteiger partial charge in [-0.3, -0.25) is 0 Å². The highest BCUT2D eigenvalue weighted by molar-refractivity contribution is 7.98. The lowest BCUT2D eigenvalue weighted by molar-refractivity contribution is 0.536. The molecule has 1 nitrogen and oxygen atoms in total. The molecule has 0 bridgehead atoms. The Hall–Kier alpha value is 0.0500. The minimum absolute atomic E-state index is 0.804. The number of nitrogens with one attached hydrogen (secondary N) is 1. The Balaban J connectivity index is 3.01. The molecule has 0 saturated heterocycles. The van der Waals surface area contributed by atoms with Gasteiger partial charge in [0.05, 0.1) is 0 Å². The van der Waals surface area contributed by atoms with E-state index in [0.717, 1.165) is 5.92 Å². The lowest BCUT2D eigenvalue weighted by Gasteiger charge is -2.10. The van der Waals surface area contributed by atoms with Crippen LogP contribution in [-0.4, -0.2) is 25.1 Å². The first-order valence-electron chi connectivity index (χ1n) is 5.61. The molecule has 2 heteroatoms. The molecule has 0 amide bonds. The number of allylic oxidation sites excluding steroid dienone is 1. The molecule has 0 aromatic rings. The van der Waals surface area contributed by atoms with Crippen LogP contribution in [0.25, 0.3) is 0 Å². The number of hydrogen-bond acceptors (Lipinski definition) is 2. The third-order valence-corrected chi connectivity index (χ3v) is 3.11. The van der Waals surface area contributed by atoms with Crippen molar-refractivity contribution >= 4 is 11.8 Å². The average Bonchev–Trinajstić information content (AvgIpc) is 2.17. The van der Waals surface area contributed by atoms with E-state index in [1.54, 1.807) is 0 Å². The van der Waals surface area contributed by atoms with Crippen molar-refractivity contribution in [2.45, 2.75) is 32.6 Å². The predicted molar refractivity (Wildman–Crippen MR) is 69.1 cm³/mol. The second kappa shape index (κ2) is 11.1. The zero-order valence-corrected chi connectivity index (χ0v) is 10.5. The van der Waals surface area contributed by atoms with Gasteiger partial charge >= 0.3 is 0 Å². The summed E-state index contributed by atoms with van der Waals surface area (Å²) in [7, 11) is 0. The van der Waals surface area contributed by atoms with Crippen LogP contribution in [0.5, 0.6) is 0 Å². The van der Waals surface area contributed by atoms with Crippen molar-refractivity contribution in [1.82, 2.24) is 5.32 Å². The molecule has 1 unspecified atom stereocenters. The van der Waals surface area contributed by atoms with E-state index in [9.17, 15) is 0 Å². The molecule has 0 heterocycles. The van der Waals surface area contributed by atoms with Gasteiger partial charge in [0, 0.05) is 0 Å². The molecule has 1 atom stereocenters. The van der Waals surface area contributed by atoms with Crippen molar-refractivity contribution in [3.63, 3.8) is 0 Å². The number of unbranched alkanes of at least 4 members (excludes halogenated alkanes) is 3. The molecule has 1 N–H and O–H groups in total. The van der Waals surface area contributed by atoms with Crippen molar-refractivity contribution in [2.75, 3.05) is 25.1 Å². The maximum Gasteiger partial charge on any atom is -0.00153 e. The van der Waals surface area contributed by atoms with Crippen molar-refractivity contribution in [3.8, 4) is 0 Å². The van der Waals surface area contributed by atoms with Crippen LogP contribution in [0, 0.1) is 5.92 Å². The Bertz CT molecular complexity index is 125. The van der Waals surface area contributed by atoms with Crippen LogP contribution in [0.2, 0.25) is 0 Å². The highest BCUT2D eigenvalue weighted by Gasteiger charge is 1.98. The molecular weight excluding hydrogens is 190 g/mol. The molecule has 0 aliphatic heterocycles. The Labute approximate surface area is 93.7 Å². The summed E-state index contributed by atoms with van der Waals surface area (Å²) in [4.78, 5) is 0. The van der Waals surface area contributed by atoms with Crippen LogP contribution in [-0.2, 0) is 0 Å². The van der Waals surface area contributed by atoms with E-state index in [0.29, 0.717) is 0 Å². The summed E-state index contributed by atoms with van der Waals surface area (Å²) >= 11 is 1.93. The lowest BCUT2D eigenvalue weighted by atomic mass is 10.2. The van der Waals surface area contributed by atoms with Gasteiger partial charge in [0.2, 0.25) is 0 Å². The van der Waals surface area contributed by atoms with Gasteiger partial charge in [0.25, 0.3) is 0 Å². The minimum Gasteiger partial charge on any atom is -0.316 e. The van der Waals surface area contributed by atoms with Gasteiger partial charge in [-0.25, -0.2) is 0 Å². The highest BCUT2D eigenvalue weighted by Crippen LogP contribution is 2.03. The fourth-order valence-electron chi connectivity index (χ4n) is 1.41. The van der Waals surface area contributed by atoms with E-state index in [-0.39, 0.29) is 0 Å². The maximum absolute atomic E-state index is 3.72. The minimum atomic E-state index is 0.804. The molecule has 0 aliphatic rings. The largest absolute Gasteiger partial charge is 0.316 e. The van der Waals surface area contributed by atoms with Gasteiger partial charge in [-0.15, -0.1) is 6.58 Å². The van der Waals surface area contributed by atoms with Gasteiger partial charge in [-0.1, -0.05) is 19.4 Å². The zero-order valence-electron chi connectivity index (χ0n) is 9.72. The van der Waals surface area contributed by atoms with Gasteiger partial charge < -0.3 is 5.32 Å². The normalized spacial score (nSPS) is 12.7. The number of hydrogen-bond donors (Lipinski definition) is 1. The molecule has 0 saturated carbocycles. The standard InChI is InChI=1S/C12H25NS/c1-4-5-6-7-8-9-13-10-12(2)11-14-3/h4,12-13H,1,5-11H2,2-3H3. The summed E-state index contributed by atoms with van der Waals surface area (Å²) in [6.07, 6.45) is 9.28. The predicted octanol–water partition coefficient (Wildman–Crippen LogP) is 3.32. The Kier molecular flexibility index (Phi) is 11.2. The maximum atomic E-state index is 3.72. The quantitative estimate of drug-likeness (QED) is 0.443. The number of thioether (sulfide) groups is 1. The summed E-state index contributed by atoms with van der Waals surface area (Å²) in [5.41, 5.74) is 0. The summed E-state index contributed by atoms with van der Waals surface area (Å²) in [6.45, 7) is 8.37. The van der Waals surface area contributed by atoms with Crippen LogP contribution < -0.4 is 5.32 Å². The van der Waals surface area contributed by atoms with Gasteiger partial charge in [0.1, 0.15) is 0 Å². The van der Waals surface area contributed by atoms with E-state index >= 15 is 0 Å².